The Balaban J connectivity index is 2.55. The Labute approximate surface area is 158 Å². The molecule has 0 fully saturated rings. The Morgan fingerprint density at radius 3 is 2.26 bits per heavy atom. The highest BCUT2D eigenvalue weighted by Gasteiger charge is 2.28. The van der Waals surface area contributed by atoms with Crippen molar-refractivity contribution in [1.82, 2.24) is 9.88 Å². The summed E-state index contributed by atoms with van der Waals surface area (Å²) in [6, 6.07) is 2.45. The lowest BCUT2D eigenvalue weighted by molar-refractivity contribution is -0.140. The van der Waals surface area contributed by atoms with E-state index in [1.807, 2.05) is 6.92 Å². The fraction of sp³-hybridized carbons (Fsp3) is 0.474. The van der Waals surface area contributed by atoms with Crippen LogP contribution in [0.4, 0.5) is 0 Å². The lowest BCUT2D eigenvalue weighted by atomic mass is 9.99. The number of amides is 1. The molecule has 148 valence electrons. The largest absolute Gasteiger partial charge is 0.493 e. The second kappa shape index (κ2) is 8.20. The molecule has 2 aromatic rings. The summed E-state index contributed by atoms with van der Waals surface area (Å²) in [4.78, 5) is 24.3. The molecule has 2 rings (SSSR count). The maximum atomic E-state index is 12.8. The van der Waals surface area contributed by atoms with Crippen LogP contribution in [0.1, 0.15) is 30.8 Å². The SMILES string of the molecule is CCC(C)[C@H](NC(=O)c1cc2cc(OC)c(OC)c(OC)c2n1C)C(=O)O. The molecular formula is C19H26N2O6. The maximum Gasteiger partial charge on any atom is 0.326 e. The topological polar surface area (TPSA) is 99.0 Å². The Hall–Kier alpha value is -2.90. The van der Waals surface area contributed by atoms with Gasteiger partial charge in [0.1, 0.15) is 11.7 Å². The highest BCUT2D eigenvalue weighted by Crippen LogP contribution is 2.44. The lowest BCUT2D eigenvalue weighted by Gasteiger charge is -2.20. The van der Waals surface area contributed by atoms with Crippen LogP contribution < -0.4 is 19.5 Å². The second-order valence-electron chi connectivity index (χ2n) is 6.35. The summed E-state index contributed by atoms with van der Waals surface area (Å²) in [5.74, 6) is -0.397. The van der Waals surface area contributed by atoms with Gasteiger partial charge in [-0.15, -0.1) is 0 Å². The van der Waals surface area contributed by atoms with E-state index >= 15 is 0 Å². The highest BCUT2D eigenvalue weighted by atomic mass is 16.5. The number of fused-ring (bicyclic) bond motifs is 1. The zero-order valence-corrected chi connectivity index (χ0v) is 16.5. The predicted octanol–water partition coefficient (Wildman–Crippen LogP) is 2.43. The minimum absolute atomic E-state index is 0.198. The molecule has 8 nitrogen and oxygen atoms in total. The first-order valence-electron chi connectivity index (χ1n) is 8.62. The molecule has 1 heterocycles. The number of carbonyl (C=O) groups is 2. The van der Waals surface area contributed by atoms with Crippen LogP contribution >= 0.6 is 0 Å². The molecule has 2 N–H and O–H groups in total. The Kier molecular flexibility index (Phi) is 6.20. The van der Waals surface area contributed by atoms with Crippen molar-refractivity contribution in [2.24, 2.45) is 13.0 Å². The molecule has 27 heavy (non-hydrogen) atoms. The quantitative estimate of drug-likeness (QED) is 0.732. The molecule has 1 amide bonds. The number of aromatic nitrogens is 1. The summed E-state index contributed by atoms with van der Waals surface area (Å²) in [6.07, 6.45) is 0.634. The van der Waals surface area contributed by atoms with Gasteiger partial charge in [0.05, 0.1) is 26.8 Å². The van der Waals surface area contributed by atoms with Crippen LogP contribution in [0.15, 0.2) is 12.1 Å². The number of nitrogens with one attached hydrogen (secondary N) is 1. The number of ether oxygens (including phenoxy) is 3. The zero-order chi connectivity index (χ0) is 20.3. The van der Waals surface area contributed by atoms with Gasteiger partial charge in [-0.25, -0.2) is 4.79 Å². The molecule has 1 aromatic heterocycles. The zero-order valence-electron chi connectivity index (χ0n) is 16.5. The van der Waals surface area contributed by atoms with Gasteiger partial charge in [0, 0.05) is 12.4 Å². The van der Waals surface area contributed by atoms with Crippen molar-refractivity contribution >= 4 is 22.8 Å². The number of aliphatic carboxylic acids is 1. The van der Waals surface area contributed by atoms with Crippen molar-refractivity contribution in [3.8, 4) is 17.2 Å². The first-order chi connectivity index (χ1) is 12.8. The minimum atomic E-state index is -1.06. The molecule has 0 radical (unpaired) electrons. The van der Waals surface area contributed by atoms with Gasteiger partial charge in [0.2, 0.25) is 5.75 Å². The molecule has 0 spiro atoms. The maximum absolute atomic E-state index is 12.8. The molecule has 0 saturated heterocycles. The summed E-state index contributed by atoms with van der Waals surface area (Å²) < 4.78 is 17.9. The van der Waals surface area contributed by atoms with Gasteiger partial charge in [-0.05, 0) is 18.1 Å². The van der Waals surface area contributed by atoms with E-state index < -0.39 is 17.9 Å². The number of carboxylic acids is 1. The third kappa shape index (κ3) is 3.65. The number of aryl methyl sites for hydroxylation is 1. The molecular weight excluding hydrogens is 352 g/mol. The normalized spacial score (nSPS) is 13.1. The number of nitrogens with zero attached hydrogens (tertiary/aromatic N) is 1. The first-order valence-corrected chi connectivity index (χ1v) is 8.62. The van der Waals surface area contributed by atoms with Crippen LogP contribution in [0.5, 0.6) is 17.2 Å². The van der Waals surface area contributed by atoms with Gasteiger partial charge in [-0.2, -0.15) is 0 Å². The van der Waals surface area contributed by atoms with E-state index in [4.69, 9.17) is 14.2 Å². The van der Waals surface area contributed by atoms with E-state index in [0.717, 1.165) is 0 Å². The summed E-state index contributed by atoms with van der Waals surface area (Å²) >= 11 is 0. The number of hydrogen-bond acceptors (Lipinski definition) is 5. The van der Waals surface area contributed by atoms with Crippen molar-refractivity contribution in [1.29, 1.82) is 0 Å². The predicted molar refractivity (Wildman–Crippen MR) is 101 cm³/mol. The molecule has 0 bridgehead atoms. The standard InChI is InChI=1S/C19H26N2O6/c1-7-10(2)14(19(23)24)20-18(22)12-8-11-9-13(25-4)16(26-5)17(27-6)15(11)21(12)3/h8-10,14H,7H2,1-6H3,(H,20,22)(H,23,24)/t10?,14-/m0/s1. The molecule has 0 aliphatic heterocycles. The molecule has 0 aliphatic rings. The number of carboxylic acid groups (broad SMARTS) is 1. The lowest BCUT2D eigenvalue weighted by Crippen LogP contribution is -2.45. The molecule has 1 unspecified atom stereocenters. The molecule has 0 aliphatic carbocycles. The number of benzene rings is 1. The third-order valence-corrected chi connectivity index (χ3v) is 4.82. The van der Waals surface area contributed by atoms with Gasteiger partial charge in [0.25, 0.3) is 5.91 Å². The van der Waals surface area contributed by atoms with Crippen molar-refractivity contribution in [3.05, 3.63) is 17.8 Å². The van der Waals surface area contributed by atoms with Crippen molar-refractivity contribution < 1.29 is 28.9 Å². The smallest absolute Gasteiger partial charge is 0.326 e. The summed E-state index contributed by atoms with van der Waals surface area (Å²) in [5, 5.41) is 12.8. The van der Waals surface area contributed by atoms with Crippen LogP contribution in [0.25, 0.3) is 10.9 Å². The summed E-state index contributed by atoms with van der Waals surface area (Å²) in [7, 11) is 6.24. The number of methoxy groups -OCH3 is 3. The molecule has 8 heteroatoms. The monoisotopic (exact) mass is 378 g/mol. The van der Waals surface area contributed by atoms with Crippen LogP contribution in [-0.2, 0) is 11.8 Å². The number of carbonyl (C=O) groups excluding carboxylic acids is 1. The third-order valence-electron chi connectivity index (χ3n) is 4.82. The van der Waals surface area contributed by atoms with E-state index in [1.165, 1.54) is 21.3 Å². The number of hydrogen-bond donors (Lipinski definition) is 2. The average molecular weight is 378 g/mol. The number of rotatable bonds is 8. The van der Waals surface area contributed by atoms with E-state index in [2.05, 4.69) is 5.32 Å². The van der Waals surface area contributed by atoms with Crippen LogP contribution in [0, 0.1) is 5.92 Å². The van der Waals surface area contributed by atoms with Crippen molar-refractivity contribution in [3.63, 3.8) is 0 Å². The van der Waals surface area contributed by atoms with Gasteiger partial charge >= 0.3 is 5.97 Å². The molecule has 1 aromatic carbocycles. The first kappa shape index (κ1) is 20.4. The second-order valence-corrected chi connectivity index (χ2v) is 6.35. The minimum Gasteiger partial charge on any atom is -0.493 e. The van der Waals surface area contributed by atoms with Crippen LogP contribution in [-0.4, -0.2) is 48.9 Å². The van der Waals surface area contributed by atoms with E-state index in [9.17, 15) is 14.7 Å². The fourth-order valence-corrected chi connectivity index (χ4v) is 3.10. The van der Waals surface area contributed by atoms with Gasteiger partial charge in [0.15, 0.2) is 11.5 Å². The van der Waals surface area contributed by atoms with Crippen molar-refractivity contribution in [2.75, 3.05) is 21.3 Å². The Morgan fingerprint density at radius 2 is 1.78 bits per heavy atom. The van der Waals surface area contributed by atoms with Gasteiger partial charge in [-0.3, -0.25) is 4.79 Å². The van der Waals surface area contributed by atoms with Crippen LogP contribution in [0.3, 0.4) is 0 Å². The van der Waals surface area contributed by atoms with E-state index in [1.54, 1.807) is 30.7 Å². The molecule has 2 atom stereocenters. The highest BCUT2D eigenvalue weighted by molar-refractivity contribution is 6.02. The van der Waals surface area contributed by atoms with Gasteiger partial charge < -0.3 is 29.2 Å². The fourth-order valence-electron chi connectivity index (χ4n) is 3.10. The van der Waals surface area contributed by atoms with Crippen molar-refractivity contribution in [2.45, 2.75) is 26.3 Å². The average Bonchev–Trinajstić information content (AvgIpc) is 2.99. The van der Waals surface area contributed by atoms with E-state index in [0.29, 0.717) is 40.3 Å². The van der Waals surface area contributed by atoms with Gasteiger partial charge in [-0.1, -0.05) is 20.3 Å². The van der Waals surface area contributed by atoms with E-state index in [-0.39, 0.29) is 5.92 Å². The molecule has 0 saturated carbocycles. The Morgan fingerprint density at radius 1 is 1.15 bits per heavy atom. The Bertz CT molecular complexity index is 858. The summed E-state index contributed by atoms with van der Waals surface area (Å²) in [6.45, 7) is 3.67. The summed E-state index contributed by atoms with van der Waals surface area (Å²) in [5.41, 5.74) is 0.962. The van der Waals surface area contributed by atoms with Crippen LogP contribution in [0.2, 0.25) is 0 Å².